The van der Waals surface area contributed by atoms with Crippen LogP contribution >= 0.6 is 0 Å². The first-order chi connectivity index (χ1) is 34.0. The SMILES string of the molecule is CC/C=C\C/C=C\C/C=C\CCCCCC(=O)OC(COC(=O)CCCCCCCCCCCCC)COC(=O)CCCCCCCCCCCCCC/C=C\C/C=C\C/C=C\CCCCCCC. The lowest BCUT2D eigenvalue weighted by Crippen LogP contribution is -2.30. The lowest BCUT2D eigenvalue weighted by molar-refractivity contribution is -0.167. The molecule has 0 fully saturated rings. The molecule has 0 aromatic heterocycles. The zero-order valence-electron chi connectivity index (χ0n) is 45.6. The maximum Gasteiger partial charge on any atom is 0.306 e. The fraction of sp³-hybridized carbons (Fsp3) is 0.762. The van der Waals surface area contributed by atoms with Gasteiger partial charge in [0.05, 0.1) is 0 Å². The number of allylic oxidation sites excluding steroid dienone is 12. The average molecular weight is 964 g/mol. The molecule has 0 radical (unpaired) electrons. The molecule has 398 valence electrons. The Hall–Kier alpha value is -3.15. The summed E-state index contributed by atoms with van der Waals surface area (Å²) in [6.07, 6.45) is 73.4. The summed E-state index contributed by atoms with van der Waals surface area (Å²) >= 11 is 0. The van der Waals surface area contributed by atoms with Gasteiger partial charge in [-0.1, -0.05) is 254 Å². The third kappa shape index (κ3) is 55.6. The normalized spacial score (nSPS) is 12.6. The van der Waals surface area contributed by atoms with Crippen LogP contribution < -0.4 is 0 Å². The highest BCUT2D eigenvalue weighted by Gasteiger charge is 2.19. The Kier molecular flexibility index (Phi) is 54.8. The van der Waals surface area contributed by atoms with Gasteiger partial charge in [0, 0.05) is 19.3 Å². The fourth-order valence-electron chi connectivity index (χ4n) is 8.29. The zero-order valence-corrected chi connectivity index (χ0v) is 45.6. The first-order valence-electron chi connectivity index (χ1n) is 29.4. The Morgan fingerprint density at radius 2 is 0.565 bits per heavy atom. The quantitative estimate of drug-likeness (QED) is 0.0262. The van der Waals surface area contributed by atoms with E-state index in [0.29, 0.717) is 19.3 Å². The van der Waals surface area contributed by atoms with E-state index in [-0.39, 0.29) is 31.1 Å². The minimum absolute atomic E-state index is 0.0854. The number of esters is 3. The van der Waals surface area contributed by atoms with Crippen molar-refractivity contribution >= 4 is 17.9 Å². The summed E-state index contributed by atoms with van der Waals surface area (Å²) in [5.41, 5.74) is 0. The standard InChI is InChI=1S/C63H110O6/c1-4-7-10-13-16-19-22-24-25-26-27-28-29-30-31-32-33-34-35-36-37-39-41-44-47-50-53-56-62(65)68-59-60(58-67-61(64)55-52-49-46-43-40-21-18-15-12-9-6-3)69-63(66)57-54-51-48-45-42-38-23-20-17-14-11-8-5-2/h8,11,17,20,22,24,26-27,29-30,38,42,60H,4-7,9-10,12-16,18-19,21,23,25,28,31-37,39-41,43-59H2,1-3H3/b11-8-,20-17-,24-22-,27-26-,30-29-,42-38-. The molecule has 0 bridgehead atoms. The Morgan fingerprint density at radius 1 is 0.304 bits per heavy atom. The largest absolute Gasteiger partial charge is 0.462 e. The number of unbranched alkanes of at least 4 members (excludes halogenated alkanes) is 30. The van der Waals surface area contributed by atoms with Crippen molar-refractivity contribution in [2.45, 2.75) is 297 Å². The number of hydrogen-bond acceptors (Lipinski definition) is 6. The molecule has 0 amide bonds. The predicted molar refractivity (Wildman–Crippen MR) is 298 cm³/mol. The van der Waals surface area contributed by atoms with Gasteiger partial charge in [-0.25, -0.2) is 0 Å². The highest BCUT2D eigenvalue weighted by molar-refractivity contribution is 5.71. The highest BCUT2D eigenvalue weighted by Crippen LogP contribution is 2.16. The van der Waals surface area contributed by atoms with E-state index in [0.717, 1.165) is 96.3 Å². The monoisotopic (exact) mass is 963 g/mol. The maximum absolute atomic E-state index is 12.8. The van der Waals surface area contributed by atoms with E-state index in [1.165, 1.54) is 154 Å². The van der Waals surface area contributed by atoms with E-state index in [4.69, 9.17) is 14.2 Å². The van der Waals surface area contributed by atoms with Gasteiger partial charge in [0.1, 0.15) is 13.2 Å². The molecule has 0 aliphatic heterocycles. The van der Waals surface area contributed by atoms with Crippen LogP contribution in [0.2, 0.25) is 0 Å². The number of hydrogen-bond donors (Lipinski definition) is 0. The molecule has 6 nitrogen and oxygen atoms in total. The Bertz CT molecular complexity index is 1290. The second kappa shape index (κ2) is 57.4. The van der Waals surface area contributed by atoms with E-state index < -0.39 is 6.10 Å². The molecule has 0 heterocycles. The average Bonchev–Trinajstić information content (AvgIpc) is 3.35. The molecule has 1 atom stereocenters. The molecule has 69 heavy (non-hydrogen) atoms. The summed E-state index contributed by atoms with van der Waals surface area (Å²) < 4.78 is 16.8. The lowest BCUT2D eigenvalue weighted by atomic mass is 10.0. The van der Waals surface area contributed by atoms with Crippen LogP contribution in [0.5, 0.6) is 0 Å². The summed E-state index contributed by atoms with van der Waals surface area (Å²) in [5.74, 6) is -0.910. The Morgan fingerprint density at radius 3 is 0.899 bits per heavy atom. The first-order valence-corrected chi connectivity index (χ1v) is 29.4. The van der Waals surface area contributed by atoms with Crippen LogP contribution in [0.25, 0.3) is 0 Å². The molecular formula is C63H110O6. The number of ether oxygens (including phenoxy) is 3. The van der Waals surface area contributed by atoms with Gasteiger partial charge in [-0.15, -0.1) is 0 Å². The summed E-state index contributed by atoms with van der Waals surface area (Å²) in [4.78, 5) is 38.0. The van der Waals surface area contributed by atoms with Gasteiger partial charge in [0.2, 0.25) is 0 Å². The second-order valence-electron chi connectivity index (χ2n) is 19.5. The smallest absolute Gasteiger partial charge is 0.306 e. The van der Waals surface area contributed by atoms with Crippen molar-refractivity contribution in [3.8, 4) is 0 Å². The van der Waals surface area contributed by atoms with Crippen molar-refractivity contribution in [3.63, 3.8) is 0 Å². The molecule has 0 aromatic carbocycles. The summed E-state index contributed by atoms with van der Waals surface area (Å²) in [7, 11) is 0. The number of carbonyl (C=O) groups is 3. The van der Waals surface area contributed by atoms with E-state index in [1.54, 1.807) is 0 Å². The first kappa shape index (κ1) is 65.8. The van der Waals surface area contributed by atoms with E-state index in [1.807, 2.05) is 0 Å². The molecule has 0 saturated heterocycles. The molecule has 0 N–H and O–H groups in total. The van der Waals surface area contributed by atoms with Crippen LogP contribution in [0.1, 0.15) is 290 Å². The third-order valence-corrected chi connectivity index (χ3v) is 12.7. The van der Waals surface area contributed by atoms with Crippen molar-refractivity contribution < 1.29 is 28.6 Å². The maximum atomic E-state index is 12.8. The van der Waals surface area contributed by atoms with Gasteiger partial charge in [-0.2, -0.15) is 0 Å². The third-order valence-electron chi connectivity index (χ3n) is 12.7. The summed E-state index contributed by atoms with van der Waals surface area (Å²) in [6.45, 7) is 6.50. The molecule has 6 heteroatoms. The second-order valence-corrected chi connectivity index (χ2v) is 19.5. The van der Waals surface area contributed by atoms with E-state index in [9.17, 15) is 14.4 Å². The van der Waals surface area contributed by atoms with Crippen LogP contribution in [-0.4, -0.2) is 37.2 Å². The number of rotatable bonds is 53. The van der Waals surface area contributed by atoms with Crippen LogP contribution in [0.15, 0.2) is 72.9 Å². The molecule has 0 aliphatic carbocycles. The summed E-state index contributed by atoms with van der Waals surface area (Å²) in [5, 5.41) is 0. The molecular weight excluding hydrogens is 853 g/mol. The minimum atomic E-state index is -0.789. The molecule has 0 rings (SSSR count). The van der Waals surface area contributed by atoms with Gasteiger partial charge in [-0.05, 0) is 89.9 Å². The fourth-order valence-corrected chi connectivity index (χ4v) is 8.29. The highest BCUT2D eigenvalue weighted by atomic mass is 16.6. The van der Waals surface area contributed by atoms with Crippen LogP contribution in [-0.2, 0) is 28.6 Å². The number of carbonyl (C=O) groups excluding carboxylic acids is 3. The van der Waals surface area contributed by atoms with Gasteiger partial charge < -0.3 is 14.2 Å². The lowest BCUT2D eigenvalue weighted by Gasteiger charge is -2.18. The molecule has 0 aliphatic rings. The van der Waals surface area contributed by atoms with Crippen LogP contribution in [0.4, 0.5) is 0 Å². The minimum Gasteiger partial charge on any atom is -0.462 e. The molecule has 0 saturated carbocycles. The van der Waals surface area contributed by atoms with Gasteiger partial charge in [0.25, 0.3) is 0 Å². The molecule has 1 unspecified atom stereocenters. The van der Waals surface area contributed by atoms with Crippen LogP contribution in [0, 0.1) is 0 Å². The van der Waals surface area contributed by atoms with Crippen molar-refractivity contribution in [3.05, 3.63) is 72.9 Å². The Balaban J connectivity index is 4.22. The van der Waals surface area contributed by atoms with Gasteiger partial charge in [-0.3, -0.25) is 14.4 Å². The van der Waals surface area contributed by atoms with Crippen molar-refractivity contribution in [1.29, 1.82) is 0 Å². The predicted octanol–water partition coefficient (Wildman–Crippen LogP) is 19.8. The summed E-state index contributed by atoms with van der Waals surface area (Å²) in [6, 6.07) is 0. The van der Waals surface area contributed by atoms with Crippen molar-refractivity contribution in [1.82, 2.24) is 0 Å². The Labute approximate surface area is 427 Å². The van der Waals surface area contributed by atoms with Gasteiger partial charge in [0.15, 0.2) is 6.10 Å². The zero-order chi connectivity index (χ0) is 50.0. The van der Waals surface area contributed by atoms with Gasteiger partial charge >= 0.3 is 17.9 Å². The van der Waals surface area contributed by atoms with E-state index >= 15 is 0 Å². The van der Waals surface area contributed by atoms with Crippen molar-refractivity contribution in [2.75, 3.05) is 13.2 Å². The van der Waals surface area contributed by atoms with Crippen molar-refractivity contribution in [2.24, 2.45) is 0 Å². The molecule has 0 aromatic rings. The molecule has 0 spiro atoms. The topological polar surface area (TPSA) is 78.9 Å². The van der Waals surface area contributed by atoms with Crippen LogP contribution in [0.3, 0.4) is 0 Å². The van der Waals surface area contributed by atoms with E-state index in [2.05, 4.69) is 93.7 Å².